The summed E-state index contributed by atoms with van der Waals surface area (Å²) in [7, 11) is 0. The van der Waals surface area contributed by atoms with E-state index in [-0.39, 0.29) is 6.61 Å². The van der Waals surface area contributed by atoms with E-state index in [0.717, 1.165) is 13.1 Å². The molecule has 2 heteroatoms. The van der Waals surface area contributed by atoms with Crippen LogP contribution in [0.25, 0.3) is 0 Å². The van der Waals surface area contributed by atoms with Gasteiger partial charge in [0.25, 0.3) is 0 Å². The molecule has 0 aliphatic rings. The maximum atomic E-state index is 9.77. The van der Waals surface area contributed by atoms with E-state index in [1.807, 2.05) is 5.32 Å². The molecule has 0 atom stereocenters. The summed E-state index contributed by atoms with van der Waals surface area (Å²) in [6.45, 7) is 4.01. The zero-order chi connectivity index (χ0) is 5.54. The second-order valence-corrected chi connectivity index (χ2v) is 1.57. The fourth-order valence-corrected chi connectivity index (χ4v) is 0.432. The van der Waals surface area contributed by atoms with Crippen molar-refractivity contribution < 1.29 is 10.4 Å². The van der Waals surface area contributed by atoms with Gasteiger partial charge in [-0.15, -0.1) is 0 Å². The van der Waals surface area contributed by atoms with Gasteiger partial charge < -0.3 is 10.4 Å². The molecule has 0 saturated carbocycles. The summed E-state index contributed by atoms with van der Waals surface area (Å²) in [5.41, 5.74) is 0. The van der Waals surface area contributed by atoms with Crippen molar-refractivity contribution in [2.45, 2.75) is 13.3 Å². The molecule has 0 amide bonds. The van der Waals surface area contributed by atoms with Gasteiger partial charge in [0, 0.05) is 0 Å². The second-order valence-electron chi connectivity index (χ2n) is 1.57. The SMILES string of the molecule is CCC[NH2+]CC[O-]. The Labute approximate surface area is 44.5 Å². The van der Waals surface area contributed by atoms with Gasteiger partial charge in [0.2, 0.25) is 0 Å². The van der Waals surface area contributed by atoms with Gasteiger partial charge in [0.05, 0.1) is 13.1 Å². The molecule has 0 spiro atoms. The standard InChI is InChI=1S/C5H12NO/c1-2-3-6-4-5-7/h6H,2-5H2,1H3/q-1/p+1. The molecule has 0 aromatic rings. The fraction of sp³-hybridized carbons (Fsp3) is 1.00. The summed E-state index contributed by atoms with van der Waals surface area (Å²) in [5.74, 6) is 0. The lowest BCUT2D eigenvalue weighted by molar-refractivity contribution is -0.669. The molecule has 0 rings (SSSR count). The molecule has 0 aromatic heterocycles. The van der Waals surface area contributed by atoms with Crippen LogP contribution in [0, 0.1) is 0 Å². The maximum Gasteiger partial charge on any atom is 0.0752 e. The number of quaternary nitrogens is 1. The zero-order valence-electron chi connectivity index (χ0n) is 4.81. The van der Waals surface area contributed by atoms with E-state index in [4.69, 9.17) is 0 Å². The van der Waals surface area contributed by atoms with Gasteiger partial charge in [0.1, 0.15) is 0 Å². The van der Waals surface area contributed by atoms with Gasteiger partial charge in [-0.25, -0.2) is 0 Å². The lowest BCUT2D eigenvalue weighted by atomic mass is 10.5. The van der Waals surface area contributed by atoms with Crippen molar-refractivity contribution in [2.75, 3.05) is 19.7 Å². The summed E-state index contributed by atoms with van der Waals surface area (Å²) in [6.07, 6.45) is 1.17. The van der Waals surface area contributed by atoms with Crippen LogP contribution in [0.1, 0.15) is 13.3 Å². The summed E-state index contributed by atoms with van der Waals surface area (Å²) in [5, 5.41) is 11.8. The quantitative estimate of drug-likeness (QED) is 0.424. The minimum atomic E-state index is 0.0556. The Bertz CT molecular complexity index is 27.3. The van der Waals surface area contributed by atoms with E-state index in [1.165, 1.54) is 6.42 Å². The number of nitrogens with two attached hydrogens (primary N) is 1. The van der Waals surface area contributed by atoms with Gasteiger partial charge in [-0.05, 0) is 6.42 Å². The largest absolute Gasteiger partial charge is 0.850 e. The van der Waals surface area contributed by atoms with E-state index in [1.54, 1.807) is 0 Å². The van der Waals surface area contributed by atoms with Crippen LogP contribution in [-0.4, -0.2) is 19.7 Å². The molecule has 44 valence electrons. The molecule has 0 heterocycles. The molecule has 0 aliphatic heterocycles. The third-order valence-corrected chi connectivity index (χ3v) is 0.815. The molecule has 7 heavy (non-hydrogen) atoms. The van der Waals surface area contributed by atoms with Crippen molar-refractivity contribution >= 4 is 0 Å². The Hall–Kier alpha value is -0.0800. The van der Waals surface area contributed by atoms with E-state index >= 15 is 0 Å². The third-order valence-electron chi connectivity index (χ3n) is 0.815. The highest BCUT2D eigenvalue weighted by Crippen LogP contribution is 1.57. The van der Waals surface area contributed by atoms with E-state index in [2.05, 4.69) is 6.92 Å². The lowest BCUT2D eigenvalue weighted by Gasteiger charge is -1.99. The lowest BCUT2D eigenvalue weighted by Crippen LogP contribution is -2.85. The molecule has 0 aromatic carbocycles. The first-order valence-corrected chi connectivity index (χ1v) is 2.81. The topological polar surface area (TPSA) is 39.7 Å². The molecular weight excluding hydrogens is 90.1 g/mol. The van der Waals surface area contributed by atoms with Crippen LogP contribution in [-0.2, 0) is 0 Å². The van der Waals surface area contributed by atoms with Gasteiger partial charge in [-0.3, -0.25) is 0 Å². The number of rotatable bonds is 4. The highest BCUT2D eigenvalue weighted by atomic mass is 16.3. The highest BCUT2D eigenvalue weighted by molar-refractivity contribution is 4.15. The van der Waals surface area contributed by atoms with Crippen molar-refractivity contribution in [1.82, 2.24) is 0 Å². The van der Waals surface area contributed by atoms with E-state index < -0.39 is 0 Å². The van der Waals surface area contributed by atoms with Gasteiger partial charge in [-0.1, -0.05) is 13.5 Å². The normalized spacial score (nSPS) is 9.43. The van der Waals surface area contributed by atoms with Crippen molar-refractivity contribution in [3.63, 3.8) is 0 Å². The molecular formula is C5H13NO. The first-order chi connectivity index (χ1) is 3.41. The van der Waals surface area contributed by atoms with Crippen molar-refractivity contribution in [1.29, 1.82) is 0 Å². The smallest absolute Gasteiger partial charge is 0.0752 e. The highest BCUT2D eigenvalue weighted by Gasteiger charge is 1.77. The third kappa shape index (κ3) is 5.92. The van der Waals surface area contributed by atoms with Crippen molar-refractivity contribution in [3.8, 4) is 0 Å². The van der Waals surface area contributed by atoms with E-state index in [0.29, 0.717) is 0 Å². The monoisotopic (exact) mass is 103 g/mol. The van der Waals surface area contributed by atoms with Gasteiger partial charge in [-0.2, -0.15) is 0 Å². The predicted molar refractivity (Wildman–Crippen MR) is 26.8 cm³/mol. The second kappa shape index (κ2) is 5.92. The minimum Gasteiger partial charge on any atom is -0.850 e. The van der Waals surface area contributed by atoms with Gasteiger partial charge >= 0.3 is 0 Å². The first-order valence-electron chi connectivity index (χ1n) is 2.81. The summed E-state index contributed by atoms with van der Waals surface area (Å²) in [6, 6.07) is 0. The Balaban J connectivity index is 2.45. The van der Waals surface area contributed by atoms with Crippen molar-refractivity contribution in [2.24, 2.45) is 0 Å². The Morgan fingerprint density at radius 2 is 2.14 bits per heavy atom. The maximum absolute atomic E-state index is 9.77. The van der Waals surface area contributed by atoms with Crippen LogP contribution in [0.3, 0.4) is 0 Å². The molecule has 0 saturated heterocycles. The molecule has 0 bridgehead atoms. The molecule has 0 radical (unpaired) electrons. The molecule has 0 fully saturated rings. The van der Waals surface area contributed by atoms with Crippen LogP contribution >= 0.6 is 0 Å². The van der Waals surface area contributed by atoms with Crippen LogP contribution in [0.5, 0.6) is 0 Å². The Kier molecular flexibility index (Phi) is 5.85. The van der Waals surface area contributed by atoms with E-state index in [9.17, 15) is 5.11 Å². The average molecular weight is 103 g/mol. The Morgan fingerprint density at radius 3 is 2.57 bits per heavy atom. The predicted octanol–water partition coefficient (Wildman–Crippen LogP) is -1.68. The molecule has 2 N–H and O–H groups in total. The summed E-state index contributed by atoms with van der Waals surface area (Å²) in [4.78, 5) is 0. The zero-order valence-corrected chi connectivity index (χ0v) is 4.81. The van der Waals surface area contributed by atoms with Crippen LogP contribution in [0.2, 0.25) is 0 Å². The first kappa shape index (κ1) is 6.92. The minimum absolute atomic E-state index is 0.0556. The fourth-order valence-electron chi connectivity index (χ4n) is 0.432. The number of hydrogen-bond acceptors (Lipinski definition) is 1. The summed E-state index contributed by atoms with van der Waals surface area (Å²) >= 11 is 0. The van der Waals surface area contributed by atoms with Gasteiger partial charge in [0.15, 0.2) is 0 Å². The van der Waals surface area contributed by atoms with Crippen molar-refractivity contribution in [3.05, 3.63) is 0 Å². The average Bonchev–Trinajstić information content (AvgIpc) is 1.69. The molecule has 0 aliphatic carbocycles. The Morgan fingerprint density at radius 1 is 1.43 bits per heavy atom. The molecule has 2 nitrogen and oxygen atoms in total. The molecule has 0 unspecified atom stereocenters. The number of hydrogen-bond donors (Lipinski definition) is 1. The van der Waals surface area contributed by atoms with Crippen LogP contribution in [0.4, 0.5) is 0 Å². The summed E-state index contributed by atoms with van der Waals surface area (Å²) < 4.78 is 0. The van der Waals surface area contributed by atoms with Crippen LogP contribution in [0.15, 0.2) is 0 Å². The van der Waals surface area contributed by atoms with Crippen LogP contribution < -0.4 is 10.4 Å².